The molecule has 2 aromatic carbocycles. The number of nitrogen functional groups attached to an aromatic ring is 3. The van der Waals surface area contributed by atoms with Gasteiger partial charge in [0.15, 0.2) is 57.3 Å². The Labute approximate surface area is 649 Å². The van der Waals surface area contributed by atoms with E-state index in [1.165, 1.54) is 21.1 Å². The number of hydrogen-bond donors (Lipinski definition) is 12. The van der Waals surface area contributed by atoms with Gasteiger partial charge in [0.1, 0.15) is 36.3 Å². The summed E-state index contributed by atoms with van der Waals surface area (Å²) in [6.45, 7) is 16.5. The first-order valence-electron chi connectivity index (χ1n) is 33.2. The molecule has 107 heavy (non-hydrogen) atoms. The summed E-state index contributed by atoms with van der Waals surface area (Å²) < 4.78 is 85.2. The fourth-order valence-electron chi connectivity index (χ4n) is 8.54. The summed E-state index contributed by atoms with van der Waals surface area (Å²) in [5.41, 5.74) is 36.5. The average molecular weight is 1660 g/mol. The zero-order chi connectivity index (χ0) is 75.4. The number of aromatic nitrogens is 12. The summed E-state index contributed by atoms with van der Waals surface area (Å²) in [7, 11) is -6.45. The maximum absolute atomic E-state index is 13.5. The fraction of sp³-hybridized carbons (Fsp3) is 0.532. The van der Waals surface area contributed by atoms with Crippen molar-refractivity contribution in [3.8, 4) is 11.5 Å². The van der Waals surface area contributed by atoms with E-state index in [0.717, 1.165) is 38.5 Å². The maximum atomic E-state index is 13.5. The maximum Gasteiger partial charge on any atom is 0.402 e. The van der Waals surface area contributed by atoms with E-state index < -0.39 is 53.0 Å². The van der Waals surface area contributed by atoms with Crippen LogP contribution in [0.15, 0.2) is 79.6 Å². The van der Waals surface area contributed by atoms with Crippen LogP contribution in [-0.2, 0) is 70.9 Å². The molecule has 11 rings (SSSR count). The number of nitrogens with one attached hydrogen (secondary N) is 5. The van der Waals surface area contributed by atoms with Gasteiger partial charge in [0.25, 0.3) is 7.52 Å². The highest BCUT2D eigenvalue weighted by Crippen LogP contribution is 2.46. The standard InChI is InChI=1S/C21H28N7O5P.C17H21N6O4P.C15H25N7O5P2.3C3H9N.4ClH/c1-14(20(29)31-2)27-34(30,33-16-6-4-3-5-7-16)13-32-11-10-28-12-23-17-18(24-15-8-9-15)25-21(22)26-19(17)28;18-17-21-15(20-12-6-7-12)14-16(22-17)23(10-19-14)8-9-26-11-28(24,25)27-13-4-2-1-3-5-13;1-9(14(23)25-2)21-29(24,27-28)8-26-6-5-22-7-17-11-12(18-10-3-4-10)19-15(16)20-13(11)22;3*1-3(2)4;;;;/h3-7,12,14-15H,8-11,13H2,1-2H3,(H,27,30)(H3,22,24,25,26);1-5,10,12H,6-9,11H2,(H,24,25)(H3,18,20,21,22);7,9-10H,3-6,8,28H2,1-2H3,(H,21,24)(H3,16,18,19,20);3*3H,4H2,1-2H3;4*1H/t14-,34?;;9-,29?;;;;;;;/m1.0......./s1. The summed E-state index contributed by atoms with van der Waals surface area (Å²) in [6.07, 6.45) is 10.6. The van der Waals surface area contributed by atoms with Crippen LogP contribution in [0.3, 0.4) is 0 Å². The molecule has 0 bridgehead atoms. The number of benzene rings is 2. The van der Waals surface area contributed by atoms with E-state index in [4.69, 9.17) is 66.7 Å². The van der Waals surface area contributed by atoms with Crippen molar-refractivity contribution >= 4 is 162 Å². The van der Waals surface area contributed by atoms with Crippen LogP contribution in [0.25, 0.3) is 33.5 Å². The Morgan fingerprint density at radius 3 is 1.08 bits per heavy atom. The molecular weight excluding hydrogens is 1560 g/mol. The Bertz CT molecular complexity index is 4080. The molecule has 0 radical (unpaired) electrons. The number of halogens is 4. The highest BCUT2D eigenvalue weighted by molar-refractivity contribution is 7.60. The number of imidazole rings is 3. The first kappa shape index (κ1) is 96.4. The predicted molar refractivity (Wildman–Crippen MR) is 428 cm³/mol. The van der Waals surface area contributed by atoms with Gasteiger partial charge in [0, 0.05) is 47.2 Å². The van der Waals surface area contributed by atoms with Gasteiger partial charge < -0.3 is 102 Å². The Morgan fingerprint density at radius 2 is 0.785 bits per heavy atom. The van der Waals surface area contributed by atoms with Crippen molar-refractivity contribution < 1.29 is 65.2 Å². The van der Waals surface area contributed by atoms with Crippen LogP contribution in [0.2, 0.25) is 0 Å². The normalized spacial score (nSPS) is 14.9. The number of carbonyl (C=O) groups is 2. The second kappa shape index (κ2) is 47.4. The number of fused-ring (bicyclic) bond motifs is 3. The lowest BCUT2D eigenvalue weighted by atomic mass is 10.3. The molecule has 3 fully saturated rings. The summed E-state index contributed by atoms with van der Waals surface area (Å²) in [5.74, 6) is 1.94. The first-order valence-corrected chi connectivity index (χ1v) is 39.1. The predicted octanol–water partition coefficient (Wildman–Crippen LogP) is 8.46. The molecule has 3 aliphatic rings. The van der Waals surface area contributed by atoms with E-state index in [1.54, 1.807) is 94.2 Å². The fourth-order valence-corrected chi connectivity index (χ4v) is 12.7. The van der Waals surface area contributed by atoms with Gasteiger partial charge in [-0.25, -0.2) is 29.7 Å². The van der Waals surface area contributed by atoms with Crippen molar-refractivity contribution in [1.82, 2.24) is 68.7 Å². The number of carbonyl (C=O) groups excluding carboxylic acids is 2. The largest absolute Gasteiger partial charge is 0.468 e. The van der Waals surface area contributed by atoms with E-state index in [2.05, 4.69) is 75.7 Å². The van der Waals surface area contributed by atoms with Crippen LogP contribution in [-0.4, -0.2) is 177 Å². The van der Waals surface area contributed by atoms with Crippen molar-refractivity contribution in [2.75, 3.05) is 86.2 Å². The lowest BCUT2D eigenvalue weighted by molar-refractivity contribution is -0.143. The van der Waals surface area contributed by atoms with Crippen LogP contribution in [0, 0.1) is 0 Å². The quantitative estimate of drug-likeness (QED) is 0.0107. The number of hydrogen-bond acceptors (Lipinski definition) is 31. The molecule has 6 aromatic heterocycles. The molecule has 0 spiro atoms. The molecular formula is C62H105Cl4N23O14P4. The average Bonchev–Trinajstić information content (AvgIpc) is 1.66. The van der Waals surface area contributed by atoms with E-state index in [0.29, 0.717) is 118 Å². The Morgan fingerprint density at radius 1 is 0.495 bits per heavy atom. The number of rotatable bonds is 32. The van der Waals surface area contributed by atoms with Gasteiger partial charge in [-0.15, -0.1) is 49.6 Å². The highest BCUT2D eigenvalue weighted by Gasteiger charge is 2.33. The van der Waals surface area contributed by atoms with Crippen molar-refractivity contribution in [2.24, 2.45) is 17.2 Å². The zero-order valence-corrected chi connectivity index (χ0v) is 68.5. The van der Waals surface area contributed by atoms with Crippen molar-refractivity contribution in [3.05, 3.63) is 79.6 Å². The monoisotopic (exact) mass is 1660 g/mol. The minimum Gasteiger partial charge on any atom is -0.468 e. The molecule has 600 valence electrons. The minimum absolute atomic E-state index is 0. The molecule has 18 N–H and O–H groups in total. The Kier molecular flexibility index (Phi) is 42.7. The van der Waals surface area contributed by atoms with Crippen molar-refractivity contribution in [2.45, 2.75) is 162 Å². The number of methoxy groups -OCH3 is 2. The molecule has 0 aliphatic heterocycles. The van der Waals surface area contributed by atoms with Crippen LogP contribution < -0.4 is 69.6 Å². The molecule has 8 aromatic rings. The zero-order valence-electron chi connectivity index (χ0n) is 61.4. The summed E-state index contributed by atoms with van der Waals surface area (Å²) >= 11 is 0. The lowest BCUT2D eigenvalue weighted by Gasteiger charge is -2.23. The van der Waals surface area contributed by atoms with Gasteiger partial charge in [0.2, 0.25) is 17.8 Å². The molecule has 6 atom stereocenters. The summed E-state index contributed by atoms with van der Waals surface area (Å²) in [6, 6.07) is 17.7. The number of esters is 2. The van der Waals surface area contributed by atoms with Crippen LogP contribution in [0.4, 0.5) is 35.3 Å². The van der Waals surface area contributed by atoms with Crippen molar-refractivity contribution in [3.63, 3.8) is 0 Å². The molecule has 6 heterocycles. The van der Waals surface area contributed by atoms with Gasteiger partial charge in [0.05, 0.1) is 53.0 Å². The molecule has 0 saturated heterocycles. The van der Waals surface area contributed by atoms with E-state index in [9.17, 15) is 28.2 Å². The number of nitrogens with zero attached hydrogens (tertiary/aromatic N) is 12. The summed E-state index contributed by atoms with van der Waals surface area (Å²) in [4.78, 5) is 71.9. The van der Waals surface area contributed by atoms with Gasteiger partial charge in [-0.2, -0.15) is 29.9 Å². The molecule has 3 aliphatic carbocycles. The minimum atomic E-state index is -3.90. The van der Waals surface area contributed by atoms with E-state index in [1.807, 2.05) is 57.1 Å². The summed E-state index contributed by atoms with van der Waals surface area (Å²) in [5, 5.41) is 15.2. The van der Waals surface area contributed by atoms with Crippen LogP contribution in [0.1, 0.15) is 93.9 Å². The SMILES string of the molecule is CC(C)N.CC(C)N.CC(C)N.COC(=O)[C@@H](C)NP(=O)(COCCn1cnc2c(NC3CC3)nc(N)nc21)Oc1ccccc1.COC(=O)[C@H](C)NP(=O)(COCCn1cnc2c(NC3CC3)nc(N)nc21)OP.Cl.Cl.Cl.Cl.Nc1nc(NC2CC2)c2ncn(CCOCP(=O)(O)Oc3ccccc3)c2n1. The Hall–Kier alpha value is -6.69. The second-order valence-corrected chi connectivity index (χ2v) is 31.3. The van der Waals surface area contributed by atoms with Gasteiger partial charge in [-0.05, 0) is 94.8 Å². The topological polar surface area (TPSA) is 526 Å². The number of para-hydroxylation sites is 2. The molecule has 3 saturated carbocycles. The third-order valence-electron chi connectivity index (χ3n) is 13.5. The van der Waals surface area contributed by atoms with Gasteiger partial charge in [-0.3, -0.25) is 23.0 Å². The number of nitrogens with two attached hydrogens (primary N) is 6. The molecule has 45 heteroatoms. The molecule has 37 nitrogen and oxygen atoms in total. The smallest absolute Gasteiger partial charge is 0.402 e. The molecule has 0 amide bonds. The number of anilines is 6. The van der Waals surface area contributed by atoms with Crippen molar-refractivity contribution in [1.29, 1.82) is 0 Å². The van der Waals surface area contributed by atoms with Gasteiger partial charge in [-0.1, -0.05) is 77.9 Å². The third-order valence-corrected chi connectivity index (χ3v) is 18.9. The lowest BCUT2D eigenvalue weighted by Crippen LogP contribution is -2.35. The molecule has 4 unspecified atom stereocenters. The van der Waals surface area contributed by atoms with Crippen LogP contribution in [0.5, 0.6) is 11.5 Å². The van der Waals surface area contributed by atoms with Crippen LogP contribution >= 0.6 is 81.7 Å². The second-order valence-electron chi connectivity index (χ2n) is 24.9. The Balaban J connectivity index is 0.000000498. The first-order chi connectivity index (χ1) is 48.9. The third kappa shape index (κ3) is 34.8. The number of ether oxygens (including phenoxy) is 5. The van der Waals surface area contributed by atoms with E-state index in [-0.39, 0.29) is 100.0 Å². The highest BCUT2D eigenvalue weighted by atomic mass is 35.5. The van der Waals surface area contributed by atoms with E-state index >= 15 is 0 Å². The van der Waals surface area contributed by atoms with Gasteiger partial charge >= 0.3 is 27.1 Å².